The second kappa shape index (κ2) is 9.07. The number of urea groups is 1. The molecule has 5 nitrogen and oxygen atoms in total. The molecule has 0 spiro atoms. The van der Waals surface area contributed by atoms with Gasteiger partial charge in [0.2, 0.25) is 0 Å². The van der Waals surface area contributed by atoms with E-state index in [1.807, 2.05) is 27.0 Å². The SMILES string of the molecule is CCC(CSC)NC(=O)NCC(CC)(CC)C(=O)O. The molecule has 1 unspecified atom stereocenters. The van der Waals surface area contributed by atoms with Crippen molar-refractivity contribution >= 4 is 23.8 Å². The molecule has 0 bridgehead atoms. The van der Waals surface area contributed by atoms with E-state index in [4.69, 9.17) is 0 Å². The van der Waals surface area contributed by atoms with Gasteiger partial charge in [0, 0.05) is 18.3 Å². The van der Waals surface area contributed by atoms with Crippen molar-refractivity contribution in [3.63, 3.8) is 0 Å². The van der Waals surface area contributed by atoms with E-state index in [1.165, 1.54) is 0 Å². The Labute approximate surface area is 119 Å². The molecule has 0 radical (unpaired) electrons. The van der Waals surface area contributed by atoms with Gasteiger partial charge in [-0.25, -0.2) is 4.79 Å². The van der Waals surface area contributed by atoms with E-state index < -0.39 is 11.4 Å². The van der Waals surface area contributed by atoms with Gasteiger partial charge in [-0.05, 0) is 25.5 Å². The molecule has 6 heteroatoms. The molecule has 0 aromatic heterocycles. The van der Waals surface area contributed by atoms with Crippen molar-refractivity contribution in [2.45, 2.75) is 46.1 Å². The maximum Gasteiger partial charge on any atom is 0.315 e. The van der Waals surface area contributed by atoms with Gasteiger partial charge in [-0.15, -0.1) is 0 Å². The van der Waals surface area contributed by atoms with Crippen LogP contribution in [0.2, 0.25) is 0 Å². The summed E-state index contributed by atoms with van der Waals surface area (Å²) in [5.74, 6) is 0.00388. The van der Waals surface area contributed by atoms with Crippen molar-refractivity contribution in [3.8, 4) is 0 Å². The van der Waals surface area contributed by atoms with Crippen molar-refractivity contribution in [2.24, 2.45) is 5.41 Å². The summed E-state index contributed by atoms with van der Waals surface area (Å²) in [5, 5.41) is 14.8. The lowest BCUT2D eigenvalue weighted by molar-refractivity contribution is -0.149. The van der Waals surface area contributed by atoms with Gasteiger partial charge >= 0.3 is 12.0 Å². The van der Waals surface area contributed by atoms with E-state index in [0.29, 0.717) is 12.8 Å². The second-order valence-electron chi connectivity index (χ2n) is 4.68. The van der Waals surface area contributed by atoms with Crippen LogP contribution < -0.4 is 10.6 Å². The van der Waals surface area contributed by atoms with Crippen molar-refractivity contribution in [2.75, 3.05) is 18.6 Å². The highest BCUT2D eigenvalue weighted by atomic mass is 32.2. The Bertz CT molecular complexity index is 294. The van der Waals surface area contributed by atoms with E-state index in [9.17, 15) is 14.7 Å². The summed E-state index contributed by atoms with van der Waals surface area (Å²) in [6.07, 6.45) is 3.86. The average Bonchev–Trinajstić information content (AvgIpc) is 2.39. The van der Waals surface area contributed by atoms with Gasteiger partial charge in [-0.3, -0.25) is 4.79 Å². The summed E-state index contributed by atoms with van der Waals surface area (Å²) in [7, 11) is 0. The van der Waals surface area contributed by atoms with Gasteiger partial charge in [0.05, 0.1) is 5.41 Å². The highest BCUT2D eigenvalue weighted by Crippen LogP contribution is 2.25. The normalized spacial score (nSPS) is 12.8. The number of rotatable bonds is 9. The zero-order valence-corrected chi connectivity index (χ0v) is 13.1. The molecule has 112 valence electrons. The Morgan fingerprint density at radius 3 is 2.21 bits per heavy atom. The fourth-order valence-corrected chi connectivity index (χ4v) is 2.55. The van der Waals surface area contributed by atoms with Crippen LogP contribution in [0.1, 0.15) is 40.0 Å². The van der Waals surface area contributed by atoms with Crippen LogP contribution in [0.5, 0.6) is 0 Å². The quantitative estimate of drug-likeness (QED) is 0.609. The molecule has 0 heterocycles. The molecule has 0 saturated carbocycles. The first-order valence-electron chi connectivity index (χ1n) is 6.72. The van der Waals surface area contributed by atoms with E-state index in [2.05, 4.69) is 10.6 Å². The molecule has 2 amide bonds. The highest BCUT2D eigenvalue weighted by Gasteiger charge is 2.35. The largest absolute Gasteiger partial charge is 0.481 e. The first-order valence-corrected chi connectivity index (χ1v) is 8.11. The van der Waals surface area contributed by atoms with Crippen LogP contribution >= 0.6 is 11.8 Å². The van der Waals surface area contributed by atoms with Gasteiger partial charge in [-0.2, -0.15) is 11.8 Å². The third-order valence-electron chi connectivity index (χ3n) is 3.59. The number of carbonyl (C=O) groups is 2. The highest BCUT2D eigenvalue weighted by molar-refractivity contribution is 7.98. The molecule has 0 rings (SSSR count). The minimum Gasteiger partial charge on any atom is -0.481 e. The molecule has 0 aliphatic heterocycles. The number of carboxylic acid groups (broad SMARTS) is 1. The first-order chi connectivity index (χ1) is 8.95. The number of amides is 2. The molecular weight excluding hydrogens is 264 g/mol. The number of nitrogens with one attached hydrogen (secondary N) is 2. The maximum atomic E-state index is 11.8. The molecule has 1 atom stereocenters. The lowest BCUT2D eigenvalue weighted by Crippen LogP contribution is -2.48. The fraction of sp³-hybridized carbons (Fsp3) is 0.846. The molecule has 0 aromatic rings. The van der Waals surface area contributed by atoms with E-state index >= 15 is 0 Å². The number of thioether (sulfide) groups is 1. The van der Waals surface area contributed by atoms with Gasteiger partial charge in [0.1, 0.15) is 0 Å². The summed E-state index contributed by atoms with van der Waals surface area (Å²) in [6.45, 7) is 5.84. The summed E-state index contributed by atoms with van der Waals surface area (Å²) >= 11 is 1.68. The number of hydrogen-bond donors (Lipinski definition) is 3. The Kier molecular flexibility index (Phi) is 8.63. The van der Waals surface area contributed by atoms with Gasteiger partial charge in [-0.1, -0.05) is 20.8 Å². The molecule has 0 aliphatic carbocycles. The third kappa shape index (κ3) is 5.72. The smallest absolute Gasteiger partial charge is 0.315 e. The summed E-state index contributed by atoms with van der Waals surface area (Å²) < 4.78 is 0. The lowest BCUT2D eigenvalue weighted by Gasteiger charge is -2.27. The van der Waals surface area contributed by atoms with Crippen molar-refractivity contribution in [3.05, 3.63) is 0 Å². The average molecular weight is 290 g/mol. The van der Waals surface area contributed by atoms with Crippen molar-refractivity contribution in [1.29, 1.82) is 0 Å². The summed E-state index contributed by atoms with van der Waals surface area (Å²) in [4.78, 5) is 23.1. The number of carbonyl (C=O) groups excluding carboxylic acids is 1. The van der Waals surface area contributed by atoms with E-state index in [0.717, 1.165) is 12.2 Å². The Balaban J connectivity index is 4.37. The van der Waals surface area contributed by atoms with Crippen LogP contribution in [-0.4, -0.2) is 41.7 Å². The number of hydrogen-bond acceptors (Lipinski definition) is 3. The lowest BCUT2D eigenvalue weighted by atomic mass is 9.82. The Morgan fingerprint density at radius 1 is 1.26 bits per heavy atom. The van der Waals surface area contributed by atoms with Gasteiger partial charge in [0.15, 0.2) is 0 Å². The minimum atomic E-state index is -0.863. The van der Waals surface area contributed by atoms with Crippen LogP contribution in [0.3, 0.4) is 0 Å². The van der Waals surface area contributed by atoms with Gasteiger partial charge in [0.25, 0.3) is 0 Å². The van der Waals surface area contributed by atoms with Crippen LogP contribution in [0.4, 0.5) is 4.79 Å². The molecule has 0 fully saturated rings. The minimum absolute atomic E-state index is 0.123. The topological polar surface area (TPSA) is 78.4 Å². The van der Waals surface area contributed by atoms with E-state index in [-0.39, 0.29) is 18.6 Å². The van der Waals surface area contributed by atoms with Crippen LogP contribution in [0.25, 0.3) is 0 Å². The first kappa shape index (κ1) is 18.1. The van der Waals surface area contributed by atoms with Gasteiger partial charge < -0.3 is 15.7 Å². The number of aliphatic carboxylic acids is 1. The van der Waals surface area contributed by atoms with Crippen molar-refractivity contribution < 1.29 is 14.7 Å². The molecule has 0 aliphatic rings. The molecule has 19 heavy (non-hydrogen) atoms. The predicted molar refractivity (Wildman–Crippen MR) is 79.6 cm³/mol. The van der Waals surface area contributed by atoms with Crippen LogP contribution in [0.15, 0.2) is 0 Å². The monoisotopic (exact) mass is 290 g/mol. The summed E-state index contributed by atoms with van der Waals surface area (Å²) in [5.41, 5.74) is -0.863. The Hall–Kier alpha value is -0.910. The molecular formula is C13H26N2O3S. The predicted octanol–water partition coefficient (Wildman–Crippen LogP) is 2.32. The molecule has 0 aromatic carbocycles. The van der Waals surface area contributed by atoms with Crippen LogP contribution in [0, 0.1) is 5.41 Å². The number of carboxylic acids is 1. The molecule has 0 saturated heterocycles. The zero-order valence-electron chi connectivity index (χ0n) is 12.3. The maximum absolute atomic E-state index is 11.8. The standard InChI is InChI=1S/C13H26N2O3S/c1-5-10(8-19-4)15-12(18)14-9-13(6-2,7-3)11(16)17/h10H,5-9H2,1-4H3,(H,16,17)(H2,14,15,18). The second-order valence-corrected chi connectivity index (χ2v) is 5.59. The van der Waals surface area contributed by atoms with E-state index in [1.54, 1.807) is 11.8 Å². The third-order valence-corrected chi connectivity index (χ3v) is 4.33. The zero-order chi connectivity index (χ0) is 14.9. The summed E-state index contributed by atoms with van der Waals surface area (Å²) in [6, 6.07) is -0.161. The Morgan fingerprint density at radius 2 is 1.84 bits per heavy atom. The van der Waals surface area contributed by atoms with Crippen LogP contribution in [-0.2, 0) is 4.79 Å². The molecule has 3 N–H and O–H groups in total. The fourth-order valence-electron chi connectivity index (χ4n) is 1.83. The van der Waals surface area contributed by atoms with Crippen molar-refractivity contribution in [1.82, 2.24) is 10.6 Å².